The van der Waals surface area contributed by atoms with Crippen LogP contribution >= 0.6 is 0 Å². The largest absolute Gasteiger partial charge is 0.493 e. The van der Waals surface area contributed by atoms with E-state index >= 15 is 0 Å². The van der Waals surface area contributed by atoms with Gasteiger partial charge < -0.3 is 14.3 Å². The standard InChI is InChI=1S/C27H25N5O4/c1-3-31-26(33)21-11-7-8-12-22(21)32-25(29-30-27(31)32)18-36-28-16-20-13-14-23(24(15-20)34-2)35-17-19-9-5-4-6-10-19/h4-16H,3,17-18H2,1-2H3. The van der Waals surface area contributed by atoms with Crippen molar-refractivity contribution in [1.82, 2.24) is 19.2 Å². The maximum absolute atomic E-state index is 12.8. The summed E-state index contributed by atoms with van der Waals surface area (Å²) in [5.74, 6) is 2.26. The highest BCUT2D eigenvalue weighted by atomic mass is 16.6. The minimum Gasteiger partial charge on any atom is -0.493 e. The van der Waals surface area contributed by atoms with Gasteiger partial charge in [0.05, 0.1) is 24.2 Å². The van der Waals surface area contributed by atoms with E-state index in [0.29, 0.717) is 41.6 Å². The second-order valence-corrected chi connectivity index (χ2v) is 8.01. The third kappa shape index (κ3) is 4.50. The predicted octanol–water partition coefficient (Wildman–Crippen LogP) is 4.20. The zero-order valence-corrected chi connectivity index (χ0v) is 20.0. The third-order valence-electron chi connectivity index (χ3n) is 5.79. The minimum atomic E-state index is -0.0939. The number of fused-ring (bicyclic) bond motifs is 3. The van der Waals surface area contributed by atoms with Crippen molar-refractivity contribution in [2.45, 2.75) is 26.7 Å². The van der Waals surface area contributed by atoms with Crippen LogP contribution in [0.25, 0.3) is 16.7 Å². The van der Waals surface area contributed by atoms with E-state index in [4.69, 9.17) is 14.3 Å². The lowest BCUT2D eigenvalue weighted by molar-refractivity contribution is 0.125. The molecule has 0 saturated carbocycles. The van der Waals surface area contributed by atoms with E-state index in [0.717, 1.165) is 16.6 Å². The number of aromatic nitrogens is 4. The van der Waals surface area contributed by atoms with Crippen LogP contribution in [0.2, 0.25) is 0 Å². The van der Waals surface area contributed by atoms with Crippen molar-refractivity contribution in [3.05, 3.63) is 100 Å². The molecule has 0 amide bonds. The van der Waals surface area contributed by atoms with Crippen LogP contribution in [-0.2, 0) is 24.6 Å². The summed E-state index contributed by atoms with van der Waals surface area (Å²) in [6.07, 6.45) is 1.59. The Morgan fingerprint density at radius 1 is 0.944 bits per heavy atom. The quantitative estimate of drug-likeness (QED) is 0.230. The maximum Gasteiger partial charge on any atom is 0.262 e. The molecule has 0 aliphatic heterocycles. The van der Waals surface area contributed by atoms with Gasteiger partial charge in [-0.3, -0.25) is 13.8 Å². The number of para-hydroxylation sites is 1. The third-order valence-corrected chi connectivity index (χ3v) is 5.79. The Morgan fingerprint density at radius 3 is 2.56 bits per heavy atom. The summed E-state index contributed by atoms with van der Waals surface area (Å²) in [5.41, 5.74) is 2.49. The molecule has 0 aliphatic carbocycles. The molecule has 2 heterocycles. The van der Waals surface area contributed by atoms with Crippen molar-refractivity contribution in [3.8, 4) is 11.5 Å². The van der Waals surface area contributed by atoms with Gasteiger partial charge in [0.2, 0.25) is 5.78 Å². The predicted molar refractivity (Wildman–Crippen MR) is 137 cm³/mol. The van der Waals surface area contributed by atoms with Gasteiger partial charge in [-0.1, -0.05) is 47.6 Å². The van der Waals surface area contributed by atoms with Crippen LogP contribution in [0.3, 0.4) is 0 Å². The van der Waals surface area contributed by atoms with Crippen molar-refractivity contribution in [2.24, 2.45) is 5.16 Å². The van der Waals surface area contributed by atoms with Crippen LogP contribution in [0, 0.1) is 0 Å². The number of nitrogens with zero attached hydrogens (tertiary/aromatic N) is 5. The van der Waals surface area contributed by atoms with Gasteiger partial charge >= 0.3 is 0 Å². The average Bonchev–Trinajstić information content (AvgIpc) is 3.35. The van der Waals surface area contributed by atoms with Gasteiger partial charge in [-0.15, -0.1) is 10.2 Å². The fourth-order valence-electron chi connectivity index (χ4n) is 4.01. The number of benzene rings is 3. The molecule has 5 aromatic rings. The smallest absolute Gasteiger partial charge is 0.262 e. The molecule has 0 bridgehead atoms. The Hall–Kier alpha value is -4.66. The Labute approximate surface area is 207 Å². The molecule has 0 spiro atoms. The highest BCUT2D eigenvalue weighted by Gasteiger charge is 2.15. The molecule has 0 N–H and O–H groups in total. The lowest BCUT2D eigenvalue weighted by Crippen LogP contribution is -2.22. The zero-order valence-electron chi connectivity index (χ0n) is 20.0. The first-order valence-corrected chi connectivity index (χ1v) is 11.5. The lowest BCUT2D eigenvalue weighted by Gasteiger charge is -2.11. The number of ether oxygens (including phenoxy) is 2. The minimum absolute atomic E-state index is 0.0823. The normalized spacial score (nSPS) is 11.4. The average molecular weight is 484 g/mol. The summed E-state index contributed by atoms with van der Waals surface area (Å²) in [6.45, 7) is 2.91. The second-order valence-electron chi connectivity index (χ2n) is 8.01. The SMILES string of the molecule is CCn1c(=O)c2ccccc2n2c(CON=Cc3ccc(OCc4ccccc4)c(OC)c3)nnc12. The number of oxime groups is 1. The molecular formula is C27H25N5O4. The fraction of sp³-hybridized carbons (Fsp3) is 0.185. The van der Waals surface area contributed by atoms with E-state index in [1.807, 2.05) is 78.1 Å². The van der Waals surface area contributed by atoms with Crippen LogP contribution in [0.4, 0.5) is 0 Å². The number of methoxy groups -OCH3 is 1. The molecule has 0 saturated heterocycles. The molecule has 9 heteroatoms. The monoisotopic (exact) mass is 483 g/mol. The molecule has 2 aromatic heterocycles. The van der Waals surface area contributed by atoms with Gasteiger partial charge in [-0.2, -0.15) is 0 Å². The van der Waals surface area contributed by atoms with E-state index < -0.39 is 0 Å². The molecule has 36 heavy (non-hydrogen) atoms. The molecule has 3 aromatic carbocycles. The molecular weight excluding hydrogens is 458 g/mol. The topological polar surface area (TPSA) is 92.2 Å². The second kappa shape index (κ2) is 10.3. The van der Waals surface area contributed by atoms with Gasteiger partial charge in [0.25, 0.3) is 5.56 Å². The molecule has 9 nitrogen and oxygen atoms in total. The van der Waals surface area contributed by atoms with Crippen molar-refractivity contribution in [1.29, 1.82) is 0 Å². The highest BCUT2D eigenvalue weighted by Crippen LogP contribution is 2.28. The van der Waals surface area contributed by atoms with Crippen LogP contribution < -0.4 is 15.0 Å². The summed E-state index contributed by atoms with van der Waals surface area (Å²) in [7, 11) is 1.60. The molecule has 182 valence electrons. The Morgan fingerprint density at radius 2 is 1.75 bits per heavy atom. The zero-order chi connectivity index (χ0) is 24.9. The van der Waals surface area contributed by atoms with Gasteiger partial charge in [-0.05, 0) is 42.8 Å². The van der Waals surface area contributed by atoms with Gasteiger partial charge in [0.1, 0.15) is 6.61 Å². The molecule has 0 fully saturated rings. The van der Waals surface area contributed by atoms with Crippen molar-refractivity contribution in [3.63, 3.8) is 0 Å². The lowest BCUT2D eigenvalue weighted by atomic mass is 10.2. The maximum atomic E-state index is 12.8. The van der Waals surface area contributed by atoms with Crippen molar-refractivity contribution < 1.29 is 14.3 Å². The van der Waals surface area contributed by atoms with Gasteiger partial charge in [-0.25, -0.2) is 0 Å². The first-order chi connectivity index (χ1) is 17.7. The summed E-state index contributed by atoms with van der Waals surface area (Å²) in [4.78, 5) is 18.3. The fourth-order valence-corrected chi connectivity index (χ4v) is 4.01. The Bertz CT molecular complexity index is 1590. The summed E-state index contributed by atoms with van der Waals surface area (Å²) < 4.78 is 14.8. The first-order valence-electron chi connectivity index (χ1n) is 11.5. The Balaban J connectivity index is 1.31. The molecule has 0 atom stereocenters. The van der Waals surface area contributed by atoms with Crippen LogP contribution in [-0.4, -0.2) is 32.5 Å². The van der Waals surface area contributed by atoms with Crippen molar-refractivity contribution >= 4 is 22.9 Å². The molecule has 0 unspecified atom stereocenters. The highest BCUT2D eigenvalue weighted by molar-refractivity contribution is 5.81. The van der Waals surface area contributed by atoms with Gasteiger partial charge in [0, 0.05) is 12.1 Å². The number of hydrogen-bond acceptors (Lipinski definition) is 7. The summed E-state index contributed by atoms with van der Waals surface area (Å²) in [6, 6.07) is 22.9. The van der Waals surface area contributed by atoms with E-state index in [9.17, 15) is 4.79 Å². The van der Waals surface area contributed by atoms with Crippen LogP contribution in [0.5, 0.6) is 11.5 Å². The van der Waals surface area contributed by atoms with E-state index in [1.54, 1.807) is 24.0 Å². The number of rotatable bonds is 9. The van der Waals surface area contributed by atoms with E-state index in [2.05, 4.69) is 15.4 Å². The van der Waals surface area contributed by atoms with Crippen molar-refractivity contribution in [2.75, 3.05) is 7.11 Å². The van der Waals surface area contributed by atoms with Gasteiger partial charge in [0.15, 0.2) is 23.9 Å². The molecule has 5 rings (SSSR count). The summed E-state index contributed by atoms with van der Waals surface area (Å²) in [5, 5.41) is 13.2. The molecule has 0 radical (unpaired) electrons. The van der Waals surface area contributed by atoms with E-state index in [1.165, 1.54) is 0 Å². The Kier molecular flexibility index (Phi) is 6.61. The summed E-state index contributed by atoms with van der Waals surface area (Å²) >= 11 is 0. The number of aryl methyl sites for hydroxylation is 1. The van der Waals surface area contributed by atoms with E-state index in [-0.39, 0.29) is 12.2 Å². The first kappa shape index (κ1) is 23.1. The number of hydrogen-bond donors (Lipinski definition) is 0. The van der Waals surface area contributed by atoms with Crippen LogP contribution in [0.1, 0.15) is 23.9 Å². The van der Waals surface area contributed by atoms with Crippen LogP contribution in [0.15, 0.2) is 82.7 Å². The molecule has 0 aliphatic rings.